The topological polar surface area (TPSA) is 105 Å². The molecule has 0 saturated heterocycles. The number of rotatable bonds is 10. The van der Waals surface area contributed by atoms with Crippen LogP contribution in [0.2, 0.25) is 0 Å². The van der Waals surface area contributed by atoms with Gasteiger partial charge in [0.15, 0.2) is 12.4 Å². The number of aliphatic imine (C=N–C) groups is 1. The molecular weight excluding hydrogens is 382 g/mol. The summed E-state index contributed by atoms with van der Waals surface area (Å²) in [6.07, 6.45) is 1.27. The summed E-state index contributed by atoms with van der Waals surface area (Å²) in [5, 5.41) is 13.7. The number of ether oxygens (including phenoxy) is 1. The molecule has 8 nitrogen and oxygen atoms in total. The van der Waals surface area contributed by atoms with E-state index in [9.17, 15) is 10.0 Å². The molecule has 3 rings (SSSR count). The van der Waals surface area contributed by atoms with E-state index in [0.29, 0.717) is 36.2 Å². The van der Waals surface area contributed by atoms with E-state index < -0.39 is 0 Å². The van der Waals surface area contributed by atoms with Gasteiger partial charge in [-0.05, 0) is 48.5 Å². The van der Waals surface area contributed by atoms with Crippen molar-refractivity contribution in [3.8, 4) is 16.9 Å². The van der Waals surface area contributed by atoms with Crippen molar-refractivity contribution in [3.63, 3.8) is 0 Å². The van der Waals surface area contributed by atoms with E-state index in [1.807, 2.05) is 42.5 Å². The highest BCUT2D eigenvalue weighted by Crippen LogP contribution is 2.25. The Kier molecular flexibility index (Phi) is 6.79. The van der Waals surface area contributed by atoms with Gasteiger partial charge in [-0.1, -0.05) is 18.2 Å². The Morgan fingerprint density at radius 1 is 1.30 bits per heavy atom. The molecule has 1 aromatic heterocycles. The smallest absolute Gasteiger partial charge is 0.287 e. The first-order chi connectivity index (χ1) is 14.5. The molecule has 2 N–H and O–H groups in total. The van der Waals surface area contributed by atoms with Crippen LogP contribution in [0.25, 0.3) is 22.2 Å². The van der Waals surface area contributed by atoms with E-state index in [0.717, 1.165) is 22.4 Å². The van der Waals surface area contributed by atoms with Crippen LogP contribution in [0.1, 0.15) is 23.5 Å². The second kappa shape index (κ2) is 9.69. The minimum Gasteiger partial charge on any atom is -0.624 e. The van der Waals surface area contributed by atoms with Gasteiger partial charge >= 0.3 is 0 Å². The number of fused-ring (bicyclic) bond motifs is 1. The van der Waals surface area contributed by atoms with Crippen LogP contribution in [-0.2, 0) is 0 Å². The number of hydroxylamine groups is 1. The number of nitrogens with one attached hydrogen (secondary N) is 2. The Morgan fingerprint density at radius 3 is 2.70 bits per heavy atom. The number of carbonyl (C=O) groups excluding carboxylic acids is 1. The molecule has 0 unspecified atom stereocenters. The Balaban J connectivity index is 1.66. The number of amides is 1. The third-order valence-electron chi connectivity index (χ3n) is 4.82. The molecule has 2 aromatic carbocycles. The van der Waals surface area contributed by atoms with Crippen molar-refractivity contribution in [2.75, 3.05) is 20.2 Å². The fraction of sp³-hybridized carbons (Fsp3) is 0.273. The van der Waals surface area contributed by atoms with Crippen LogP contribution in [0.3, 0.4) is 0 Å². The number of hydrogen-bond donors (Lipinski definition) is 2. The highest BCUT2D eigenvalue weighted by molar-refractivity contribution is 5.95. The second-order valence-electron chi connectivity index (χ2n) is 6.94. The number of aromatic amines is 1. The SMILES string of the molecule is C=N[C@@H](CCC[N+](=C)[O-])CNC(=O)c1nc2ccc(-c3ccc(OC)cc3)cc2[nH]1. The molecular formula is C22H25N5O3. The van der Waals surface area contributed by atoms with Crippen molar-refractivity contribution in [2.45, 2.75) is 18.9 Å². The normalized spacial score (nSPS) is 11.8. The van der Waals surface area contributed by atoms with Gasteiger partial charge in [0.25, 0.3) is 5.91 Å². The number of carbonyl (C=O) groups is 1. The maximum atomic E-state index is 12.5. The van der Waals surface area contributed by atoms with Gasteiger partial charge in [0.05, 0.1) is 24.2 Å². The Labute approximate surface area is 174 Å². The van der Waals surface area contributed by atoms with Gasteiger partial charge in [-0.25, -0.2) is 9.72 Å². The summed E-state index contributed by atoms with van der Waals surface area (Å²) in [5.41, 5.74) is 3.53. The molecule has 0 bridgehead atoms. The lowest BCUT2D eigenvalue weighted by Gasteiger charge is -2.12. The van der Waals surface area contributed by atoms with E-state index in [2.05, 4.69) is 33.7 Å². The molecule has 1 amide bonds. The van der Waals surface area contributed by atoms with Gasteiger partial charge in [-0.3, -0.25) is 9.79 Å². The molecule has 1 atom stereocenters. The largest absolute Gasteiger partial charge is 0.624 e. The van der Waals surface area contributed by atoms with E-state index in [1.54, 1.807) is 7.11 Å². The van der Waals surface area contributed by atoms with Crippen LogP contribution in [-0.4, -0.2) is 60.3 Å². The average molecular weight is 407 g/mol. The molecule has 0 saturated carbocycles. The molecule has 0 aliphatic rings. The van der Waals surface area contributed by atoms with Crippen molar-refractivity contribution in [1.82, 2.24) is 15.3 Å². The molecule has 0 aliphatic heterocycles. The summed E-state index contributed by atoms with van der Waals surface area (Å²) >= 11 is 0. The molecule has 0 aliphatic carbocycles. The molecule has 0 fully saturated rings. The van der Waals surface area contributed by atoms with Crippen molar-refractivity contribution in [1.29, 1.82) is 0 Å². The van der Waals surface area contributed by atoms with Gasteiger partial charge in [-0.2, -0.15) is 0 Å². The molecule has 8 heteroatoms. The van der Waals surface area contributed by atoms with Crippen LogP contribution in [0.15, 0.2) is 47.5 Å². The van der Waals surface area contributed by atoms with E-state index in [-0.39, 0.29) is 17.8 Å². The van der Waals surface area contributed by atoms with E-state index in [4.69, 9.17) is 4.74 Å². The lowest BCUT2D eigenvalue weighted by Crippen LogP contribution is -2.32. The van der Waals surface area contributed by atoms with Gasteiger partial charge in [0.2, 0.25) is 0 Å². The lowest BCUT2D eigenvalue weighted by atomic mass is 10.1. The summed E-state index contributed by atoms with van der Waals surface area (Å²) in [6, 6.07) is 13.4. The van der Waals surface area contributed by atoms with Crippen molar-refractivity contribution in [2.24, 2.45) is 4.99 Å². The number of aromatic nitrogens is 2. The van der Waals surface area contributed by atoms with Gasteiger partial charge < -0.3 is 20.2 Å². The third-order valence-corrected chi connectivity index (χ3v) is 4.82. The van der Waals surface area contributed by atoms with Crippen molar-refractivity contribution < 1.29 is 14.3 Å². The quantitative estimate of drug-likeness (QED) is 0.233. The maximum absolute atomic E-state index is 12.5. The number of imidazole rings is 1. The first-order valence-electron chi connectivity index (χ1n) is 9.63. The monoisotopic (exact) mass is 407 g/mol. The summed E-state index contributed by atoms with van der Waals surface area (Å²) < 4.78 is 5.83. The fourth-order valence-corrected chi connectivity index (χ4v) is 3.14. The summed E-state index contributed by atoms with van der Waals surface area (Å²) in [4.78, 5) is 24.0. The first-order valence-corrected chi connectivity index (χ1v) is 9.63. The molecule has 1 heterocycles. The summed E-state index contributed by atoms with van der Waals surface area (Å²) in [7, 11) is 1.63. The Bertz CT molecular complexity index is 1040. The van der Waals surface area contributed by atoms with Crippen molar-refractivity contribution in [3.05, 3.63) is 53.5 Å². The standard InChI is InChI=1S/C22H25N5O3/c1-23-17(5-4-12-27(2)29)14-24-22(28)21-25-19-11-8-16(13-20(19)26-21)15-6-9-18(30-3)10-7-15/h6-11,13,17H,1-2,4-5,12,14H2,3H3,(H,24,28)(H,25,26)/t17-/m0/s1. The predicted molar refractivity (Wildman–Crippen MR) is 119 cm³/mol. The van der Waals surface area contributed by atoms with E-state index >= 15 is 0 Å². The van der Waals surface area contributed by atoms with Crippen LogP contribution in [0.4, 0.5) is 0 Å². The summed E-state index contributed by atoms with van der Waals surface area (Å²) in [5.74, 6) is 0.723. The molecule has 0 spiro atoms. The van der Waals surface area contributed by atoms with Crippen LogP contribution in [0.5, 0.6) is 5.75 Å². The zero-order valence-corrected chi connectivity index (χ0v) is 16.9. The highest BCUT2D eigenvalue weighted by Gasteiger charge is 2.14. The molecule has 156 valence electrons. The molecule has 0 radical (unpaired) electrons. The highest BCUT2D eigenvalue weighted by atomic mass is 16.5. The van der Waals surface area contributed by atoms with Crippen LogP contribution >= 0.6 is 0 Å². The first kappa shape index (κ1) is 21.0. The molecule has 30 heavy (non-hydrogen) atoms. The molecule has 3 aromatic rings. The Hall–Kier alpha value is -3.68. The summed E-state index contributed by atoms with van der Waals surface area (Å²) in [6.45, 7) is 7.47. The zero-order chi connectivity index (χ0) is 21.5. The average Bonchev–Trinajstić information content (AvgIpc) is 3.19. The number of nitrogens with zero attached hydrogens (tertiary/aromatic N) is 3. The Morgan fingerprint density at radius 2 is 2.03 bits per heavy atom. The minimum atomic E-state index is -0.312. The van der Waals surface area contributed by atoms with Gasteiger partial charge in [0, 0.05) is 13.0 Å². The number of H-pyrrole nitrogens is 1. The fourth-order valence-electron chi connectivity index (χ4n) is 3.14. The number of benzene rings is 2. The third kappa shape index (κ3) is 5.22. The van der Waals surface area contributed by atoms with Gasteiger partial charge in [0.1, 0.15) is 12.5 Å². The van der Waals surface area contributed by atoms with Gasteiger partial charge in [-0.15, -0.1) is 0 Å². The van der Waals surface area contributed by atoms with Crippen LogP contribution in [0, 0.1) is 5.21 Å². The minimum absolute atomic E-state index is 0.167. The zero-order valence-electron chi connectivity index (χ0n) is 16.9. The van der Waals surface area contributed by atoms with Crippen LogP contribution < -0.4 is 10.1 Å². The lowest BCUT2D eigenvalue weighted by molar-refractivity contribution is -0.449. The second-order valence-corrected chi connectivity index (χ2v) is 6.94. The van der Waals surface area contributed by atoms with Crippen molar-refractivity contribution >= 4 is 30.4 Å². The number of methoxy groups -OCH3 is 1. The maximum Gasteiger partial charge on any atom is 0.287 e. The number of hydrogen-bond acceptors (Lipinski definition) is 5. The predicted octanol–water partition coefficient (Wildman–Crippen LogP) is 3.03. The van der Waals surface area contributed by atoms with E-state index in [1.165, 1.54) is 0 Å².